The third-order valence-electron chi connectivity index (χ3n) is 5.35. The number of carbonyl (C=O) groups is 2. The molecule has 0 bridgehead atoms. The second-order valence-electron chi connectivity index (χ2n) is 7.18. The van der Waals surface area contributed by atoms with Gasteiger partial charge >= 0.3 is 6.03 Å². The average Bonchev–Trinajstić information content (AvgIpc) is 3.00. The number of piperidine rings is 1. The van der Waals surface area contributed by atoms with E-state index in [0.29, 0.717) is 17.2 Å². The lowest BCUT2D eigenvalue weighted by molar-refractivity contribution is 0.0698. The molecule has 0 aromatic heterocycles. The van der Waals surface area contributed by atoms with E-state index in [1.165, 1.54) is 0 Å². The molecule has 1 saturated heterocycles. The first kappa shape index (κ1) is 17.3. The Balaban J connectivity index is 1.80. The molecule has 1 aliphatic heterocycles. The van der Waals surface area contributed by atoms with Gasteiger partial charge in [0.1, 0.15) is 0 Å². The molecule has 2 aliphatic rings. The van der Waals surface area contributed by atoms with Crippen LogP contribution in [0, 0.1) is 5.92 Å². The van der Waals surface area contributed by atoms with E-state index in [1.807, 2.05) is 47.4 Å². The lowest BCUT2D eigenvalue weighted by Gasteiger charge is -2.30. The van der Waals surface area contributed by atoms with Crippen molar-refractivity contribution in [3.8, 4) is 11.1 Å². The molecule has 4 rings (SSSR count). The number of nitrogens with zero attached hydrogens (tertiary/aromatic N) is 2. The molecule has 0 radical (unpaired) electrons. The summed E-state index contributed by atoms with van der Waals surface area (Å²) in [6, 6.07) is 12.7. The number of urea groups is 1. The molecular formula is C21H22N4O2. The lowest BCUT2D eigenvalue weighted by Crippen LogP contribution is -2.38. The van der Waals surface area contributed by atoms with Gasteiger partial charge in [0.05, 0.1) is 5.71 Å². The van der Waals surface area contributed by atoms with Crippen LogP contribution in [0.4, 0.5) is 4.79 Å². The van der Waals surface area contributed by atoms with Gasteiger partial charge in [-0.3, -0.25) is 4.79 Å². The third-order valence-corrected chi connectivity index (χ3v) is 5.35. The quantitative estimate of drug-likeness (QED) is 0.687. The maximum absolute atomic E-state index is 13.2. The highest BCUT2D eigenvalue weighted by molar-refractivity contribution is 6.27. The zero-order valence-corrected chi connectivity index (χ0v) is 15.2. The van der Waals surface area contributed by atoms with E-state index in [-0.39, 0.29) is 5.91 Å². The average molecular weight is 362 g/mol. The fraction of sp³-hybridized carbons (Fsp3) is 0.286. The van der Waals surface area contributed by atoms with E-state index in [2.05, 4.69) is 17.5 Å². The van der Waals surface area contributed by atoms with E-state index in [4.69, 9.17) is 5.73 Å². The summed E-state index contributed by atoms with van der Waals surface area (Å²) in [7, 11) is 0. The van der Waals surface area contributed by atoms with Crippen molar-refractivity contribution in [2.24, 2.45) is 16.8 Å². The van der Waals surface area contributed by atoms with E-state index in [9.17, 15) is 9.59 Å². The molecule has 2 aromatic rings. The van der Waals surface area contributed by atoms with Gasteiger partial charge < -0.3 is 10.6 Å². The van der Waals surface area contributed by atoms with Gasteiger partial charge in [0.25, 0.3) is 5.91 Å². The molecule has 6 heteroatoms. The van der Waals surface area contributed by atoms with Crippen molar-refractivity contribution in [3.05, 3.63) is 59.2 Å². The summed E-state index contributed by atoms with van der Waals surface area (Å²) in [5.41, 5.74) is 12.3. The zero-order chi connectivity index (χ0) is 19.0. The number of nitrogens with one attached hydrogen (secondary N) is 1. The number of carbonyl (C=O) groups excluding carboxylic acids is 2. The van der Waals surface area contributed by atoms with Crippen molar-refractivity contribution in [1.29, 1.82) is 0 Å². The molecule has 0 unspecified atom stereocenters. The molecule has 1 fully saturated rings. The topological polar surface area (TPSA) is 87.8 Å². The molecule has 138 valence electrons. The molecule has 0 atom stereocenters. The molecule has 6 nitrogen and oxygen atoms in total. The number of hydrogen-bond donors (Lipinski definition) is 2. The number of primary amides is 1. The number of fused-ring (bicyclic) bond motifs is 3. The second kappa shape index (κ2) is 6.87. The number of benzene rings is 2. The summed E-state index contributed by atoms with van der Waals surface area (Å²) in [6.45, 7) is 3.80. The first-order valence-corrected chi connectivity index (χ1v) is 9.22. The zero-order valence-electron chi connectivity index (χ0n) is 15.2. The van der Waals surface area contributed by atoms with Crippen molar-refractivity contribution < 1.29 is 9.59 Å². The monoisotopic (exact) mass is 362 g/mol. The number of nitrogens with two attached hydrogens (primary N) is 1. The van der Waals surface area contributed by atoms with Crippen molar-refractivity contribution in [2.75, 3.05) is 13.1 Å². The van der Waals surface area contributed by atoms with Crippen molar-refractivity contribution in [1.82, 2.24) is 10.3 Å². The predicted octanol–water partition coefficient (Wildman–Crippen LogP) is 2.96. The molecule has 27 heavy (non-hydrogen) atoms. The first-order chi connectivity index (χ1) is 13.1. The van der Waals surface area contributed by atoms with Gasteiger partial charge in [-0.15, -0.1) is 0 Å². The summed E-state index contributed by atoms with van der Waals surface area (Å²) < 4.78 is 0. The fourth-order valence-corrected chi connectivity index (χ4v) is 3.88. The van der Waals surface area contributed by atoms with Crippen LogP contribution in [-0.4, -0.2) is 35.6 Å². The Bertz CT molecular complexity index is 943. The molecule has 3 amide bonds. The minimum absolute atomic E-state index is 0.0534. The molecule has 3 N–H and O–H groups in total. The number of likely N-dealkylation sites (tertiary alicyclic amines) is 1. The van der Waals surface area contributed by atoms with Crippen LogP contribution in [0.2, 0.25) is 0 Å². The van der Waals surface area contributed by atoms with E-state index in [1.54, 1.807) is 0 Å². The highest BCUT2D eigenvalue weighted by atomic mass is 16.2. The Labute approximate surface area is 158 Å². The van der Waals surface area contributed by atoms with Crippen LogP contribution >= 0.6 is 0 Å². The standard InChI is InChI=1S/C21H22N4O2/c1-13-9-11-25(12-10-13)20(26)17-8-4-7-16-18(17)14-5-2-3-6-15(14)19(16)23-24-21(22)27/h2-8,13H,9-12H2,1H3,(H3,22,24,27). The summed E-state index contributed by atoms with van der Waals surface area (Å²) >= 11 is 0. The molecule has 0 saturated carbocycles. The maximum atomic E-state index is 13.2. The van der Waals surface area contributed by atoms with E-state index < -0.39 is 6.03 Å². The molecule has 0 spiro atoms. The highest BCUT2D eigenvalue weighted by Gasteiger charge is 2.31. The Morgan fingerprint density at radius 1 is 1.04 bits per heavy atom. The highest BCUT2D eigenvalue weighted by Crippen LogP contribution is 2.39. The fourth-order valence-electron chi connectivity index (χ4n) is 3.88. The van der Waals surface area contributed by atoms with Gasteiger partial charge in [-0.2, -0.15) is 5.10 Å². The van der Waals surface area contributed by atoms with E-state index in [0.717, 1.165) is 48.2 Å². The number of rotatable bonds is 2. The molecule has 2 aromatic carbocycles. The predicted molar refractivity (Wildman–Crippen MR) is 105 cm³/mol. The molecule has 1 heterocycles. The van der Waals surface area contributed by atoms with Crippen LogP contribution in [-0.2, 0) is 0 Å². The Kier molecular flexibility index (Phi) is 4.39. The second-order valence-corrected chi connectivity index (χ2v) is 7.18. The molecule has 1 aliphatic carbocycles. The van der Waals surface area contributed by atoms with Gasteiger partial charge in [0.15, 0.2) is 0 Å². The number of hydrazone groups is 1. The minimum Gasteiger partial charge on any atom is -0.350 e. The summed E-state index contributed by atoms with van der Waals surface area (Å²) in [5.74, 6) is 0.715. The minimum atomic E-state index is -0.719. The van der Waals surface area contributed by atoms with Crippen LogP contribution in [0.15, 0.2) is 47.6 Å². The van der Waals surface area contributed by atoms with Crippen LogP contribution in [0.1, 0.15) is 41.3 Å². The van der Waals surface area contributed by atoms with Crippen LogP contribution in [0.25, 0.3) is 11.1 Å². The Morgan fingerprint density at radius 2 is 1.70 bits per heavy atom. The van der Waals surface area contributed by atoms with Crippen molar-refractivity contribution in [3.63, 3.8) is 0 Å². The van der Waals surface area contributed by atoms with Crippen molar-refractivity contribution in [2.45, 2.75) is 19.8 Å². The van der Waals surface area contributed by atoms with Gasteiger partial charge in [0.2, 0.25) is 0 Å². The van der Waals surface area contributed by atoms with Gasteiger partial charge in [0, 0.05) is 35.3 Å². The first-order valence-electron chi connectivity index (χ1n) is 9.22. The number of amides is 3. The third kappa shape index (κ3) is 3.07. The summed E-state index contributed by atoms with van der Waals surface area (Å²) in [5, 5.41) is 4.20. The Morgan fingerprint density at radius 3 is 2.41 bits per heavy atom. The van der Waals surface area contributed by atoms with Gasteiger partial charge in [-0.05, 0) is 30.4 Å². The normalized spacial score (nSPS) is 17.5. The van der Waals surface area contributed by atoms with E-state index >= 15 is 0 Å². The molecular weight excluding hydrogens is 340 g/mol. The SMILES string of the molecule is CC1CCN(C(=O)c2cccc3c2-c2ccccc2C3=NNC(N)=O)CC1. The lowest BCUT2D eigenvalue weighted by atomic mass is 9.95. The van der Waals surface area contributed by atoms with Crippen molar-refractivity contribution >= 4 is 17.6 Å². The smallest absolute Gasteiger partial charge is 0.332 e. The van der Waals surface area contributed by atoms with Crippen LogP contribution < -0.4 is 11.2 Å². The van der Waals surface area contributed by atoms with Gasteiger partial charge in [-0.1, -0.05) is 43.3 Å². The summed E-state index contributed by atoms with van der Waals surface area (Å²) in [6.07, 6.45) is 2.07. The van der Waals surface area contributed by atoms with Crippen LogP contribution in [0.3, 0.4) is 0 Å². The van der Waals surface area contributed by atoms with Crippen LogP contribution in [0.5, 0.6) is 0 Å². The Hall–Kier alpha value is -3.15. The largest absolute Gasteiger partial charge is 0.350 e. The van der Waals surface area contributed by atoms with Gasteiger partial charge in [-0.25, -0.2) is 10.2 Å². The summed E-state index contributed by atoms with van der Waals surface area (Å²) in [4.78, 5) is 26.3. The number of hydrogen-bond acceptors (Lipinski definition) is 3. The maximum Gasteiger partial charge on any atom is 0.332 e.